The Hall–Kier alpha value is -1.30. The second-order valence-electron chi connectivity index (χ2n) is 4.03. The number of aliphatic hydroxyl groups excluding tert-OH is 1. The number of carbonyl (C=O) groups excluding carboxylic acids is 1. The maximum Gasteiger partial charge on any atom is 0.324 e. The highest BCUT2D eigenvalue weighted by molar-refractivity contribution is 7.91. The lowest BCUT2D eigenvalue weighted by molar-refractivity contribution is 0.247. The number of nitrogens with zero attached hydrogens (tertiary/aromatic N) is 4. The largest absolute Gasteiger partial charge is 0.394 e. The third-order valence-electron chi connectivity index (χ3n) is 2.59. The fraction of sp³-hybridized carbons (Fsp3) is 0.625. The third kappa shape index (κ3) is 2.41. The van der Waals surface area contributed by atoms with Crippen molar-refractivity contribution in [3.05, 3.63) is 0 Å². The Kier molecular flexibility index (Phi) is 3.71. The molecule has 1 fully saturated rings. The molecule has 19 heavy (non-hydrogen) atoms. The van der Waals surface area contributed by atoms with E-state index in [1.807, 2.05) is 0 Å². The molecule has 1 aliphatic rings. The van der Waals surface area contributed by atoms with Gasteiger partial charge in [-0.3, -0.25) is 4.90 Å². The Bertz CT molecular complexity index is 584. The van der Waals surface area contributed by atoms with Crippen molar-refractivity contribution in [3.63, 3.8) is 0 Å². The standard InChI is InChI=1S/C8H13N5O4S2/c1-12(2)19(16,17)8-11-10-7(18-8)13-5(4-14)3-9-6(13)15/h5,14H,3-4H2,1-2H3,(H,9,15). The Balaban J connectivity index is 2.34. The van der Waals surface area contributed by atoms with E-state index in [4.69, 9.17) is 5.11 Å². The van der Waals surface area contributed by atoms with Crippen molar-refractivity contribution >= 4 is 32.5 Å². The number of nitrogens with one attached hydrogen (secondary N) is 1. The molecule has 1 atom stereocenters. The van der Waals surface area contributed by atoms with Crippen LogP contribution in [0.5, 0.6) is 0 Å². The lowest BCUT2D eigenvalue weighted by atomic mass is 10.3. The average molecular weight is 307 g/mol. The summed E-state index contributed by atoms with van der Waals surface area (Å²) in [5.74, 6) is 0. The molecule has 2 N–H and O–H groups in total. The van der Waals surface area contributed by atoms with Gasteiger partial charge in [0.05, 0.1) is 12.6 Å². The summed E-state index contributed by atoms with van der Waals surface area (Å²) in [7, 11) is -0.901. The molecule has 0 spiro atoms. The van der Waals surface area contributed by atoms with E-state index in [1.54, 1.807) is 0 Å². The molecular weight excluding hydrogens is 294 g/mol. The highest BCUT2D eigenvalue weighted by Crippen LogP contribution is 2.27. The number of anilines is 1. The van der Waals surface area contributed by atoms with Crippen LogP contribution in [0.15, 0.2) is 4.34 Å². The molecule has 1 saturated heterocycles. The zero-order valence-electron chi connectivity index (χ0n) is 10.3. The zero-order valence-corrected chi connectivity index (χ0v) is 11.9. The van der Waals surface area contributed by atoms with Gasteiger partial charge in [-0.2, -0.15) is 0 Å². The van der Waals surface area contributed by atoms with Gasteiger partial charge >= 0.3 is 6.03 Å². The Morgan fingerprint density at radius 3 is 2.79 bits per heavy atom. The maximum atomic E-state index is 11.9. The van der Waals surface area contributed by atoms with Gasteiger partial charge < -0.3 is 10.4 Å². The van der Waals surface area contributed by atoms with Crippen molar-refractivity contribution < 1.29 is 18.3 Å². The van der Waals surface area contributed by atoms with Gasteiger partial charge in [-0.25, -0.2) is 17.5 Å². The van der Waals surface area contributed by atoms with Crippen LogP contribution in [0.3, 0.4) is 0 Å². The fourth-order valence-electron chi connectivity index (χ4n) is 1.50. The molecule has 2 rings (SSSR count). The van der Waals surface area contributed by atoms with E-state index in [1.165, 1.54) is 19.0 Å². The van der Waals surface area contributed by atoms with Crippen molar-refractivity contribution in [3.8, 4) is 0 Å². The first kappa shape index (κ1) is 14.1. The number of urea groups is 1. The third-order valence-corrected chi connectivity index (χ3v) is 5.67. The molecule has 0 bridgehead atoms. The molecule has 0 radical (unpaired) electrons. The van der Waals surface area contributed by atoms with Crippen molar-refractivity contribution in [1.29, 1.82) is 0 Å². The Morgan fingerprint density at radius 2 is 2.21 bits per heavy atom. The van der Waals surface area contributed by atoms with Crippen LogP contribution in [-0.4, -0.2) is 67.3 Å². The van der Waals surface area contributed by atoms with Gasteiger partial charge in [0.15, 0.2) is 0 Å². The van der Waals surface area contributed by atoms with E-state index in [-0.39, 0.29) is 22.6 Å². The summed E-state index contributed by atoms with van der Waals surface area (Å²) in [4.78, 5) is 12.8. The van der Waals surface area contributed by atoms with E-state index in [2.05, 4.69) is 15.5 Å². The minimum atomic E-state index is -3.67. The quantitative estimate of drug-likeness (QED) is 0.667. The molecule has 106 valence electrons. The number of hydrogen-bond acceptors (Lipinski definition) is 7. The van der Waals surface area contributed by atoms with Gasteiger partial charge in [0.1, 0.15) is 0 Å². The normalized spacial score (nSPS) is 20.1. The van der Waals surface area contributed by atoms with Crippen LogP contribution in [-0.2, 0) is 10.0 Å². The van der Waals surface area contributed by atoms with Crippen molar-refractivity contribution in [2.75, 3.05) is 32.1 Å². The fourth-order valence-corrected chi connectivity index (χ4v) is 3.70. The predicted octanol–water partition coefficient (Wildman–Crippen LogP) is -1.32. The van der Waals surface area contributed by atoms with Crippen molar-refractivity contribution in [2.45, 2.75) is 10.4 Å². The first-order valence-corrected chi connectivity index (χ1v) is 7.57. The predicted molar refractivity (Wildman–Crippen MR) is 67.5 cm³/mol. The number of aromatic nitrogens is 2. The van der Waals surface area contributed by atoms with Gasteiger partial charge in [-0.15, -0.1) is 10.2 Å². The van der Waals surface area contributed by atoms with Crippen molar-refractivity contribution in [1.82, 2.24) is 19.8 Å². The van der Waals surface area contributed by atoms with E-state index < -0.39 is 22.1 Å². The SMILES string of the molecule is CN(C)S(=O)(=O)c1nnc(N2C(=O)NCC2CO)s1. The minimum absolute atomic E-state index is 0.148. The number of hydrogen-bond donors (Lipinski definition) is 2. The highest BCUT2D eigenvalue weighted by Gasteiger charge is 2.35. The Labute approximate surface area is 113 Å². The second-order valence-corrected chi connectivity index (χ2v) is 7.31. The monoisotopic (exact) mass is 307 g/mol. The summed E-state index contributed by atoms with van der Waals surface area (Å²) in [5.41, 5.74) is 0. The van der Waals surface area contributed by atoms with Crippen LogP contribution in [0, 0.1) is 0 Å². The lowest BCUT2D eigenvalue weighted by Crippen LogP contribution is -2.36. The Morgan fingerprint density at radius 1 is 1.53 bits per heavy atom. The van der Waals surface area contributed by atoms with Gasteiger partial charge in [0, 0.05) is 20.6 Å². The summed E-state index contributed by atoms with van der Waals surface area (Å²) in [6.45, 7) is 0.0404. The smallest absolute Gasteiger partial charge is 0.324 e. The summed E-state index contributed by atoms with van der Waals surface area (Å²) >= 11 is 0.790. The van der Waals surface area contributed by atoms with Gasteiger partial charge in [0.25, 0.3) is 10.0 Å². The zero-order chi connectivity index (χ0) is 14.2. The van der Waals surface area contributed by atoms with E-state index >= 15 is 0 Å². The average Bonchev–Trinajstić information content (AvgIpc) is 2.94. The molecule has 11 heteroatoms. The molecular formula is C8H13N5O4S2. The molecule has 0 aromatic carbocycles. The van der Waals surface area contributed by atoms with Gasteiger partial charge in [0.2, 0.25) is 9.47 Å². The summed E-state index contributed by atoms with van der Waals surface area (Å²) in [6.07, 6.45) is 0. The van der Waals surface area contributed by atoms with Crippen LogP contribution in [0.4, 0.5) is 9.93 Å². The molecule has 9 nitrogen and oxygen atoms in total. The molecule has 1 aliphatic heterocycles. The van der Waals surface area contributed by atoms with Crippen LogP contribution in [0.25, 0.3) is 0 Å². The van der Waals surface area contributed by atoms with Crippen LogP contribution >= 0.6 is 11.3 Å². The number of carbonyl (C=O) groups is 1. The number of amides is 2. The molecule has 1 aromatic rings. The second kappa shape index (κ2) is 5.00. The molecule has 2 heterocycles. The molecule has 1 aromatic heterocycles. The maximum absolute atomic E-state index is 11.9. The van der Waals surface area contributed by atoms with E-state index in [9.17, 15) is 13.2 Å². The topological polar surface area (TPSA) is 116 Å². The summed E-state index contributed by atoms with van der Waals surface area (Å²) in [5, 5.41) is 19.2. The number of aliphatic hydroxyl groups is 1. The molecule has 2 amide bonds. The van der Waals surface area contributed by atoms with E-state index in [0.29, 0.717) is 0 Å². The number of rotatable bonds is 4. The first-order valence-electron chi connectivity index (χ1n) is 5.32. The summed E-state index contributed by atoms with van der Waals surface area (Å²) < 4.78 is 24.5. The van der Waals surface area contributed by atoms with Crippen LogP contribution < -0.4 is 10.2 Å². The lowest BCUT2D eigenvalue weighted by Gasteiger charge is -2.16. The van der Waals surface area contributed by atoms with Gasteiger partial charge in [-0.05, 0) is 0 Å². The van der Waals surface area contributed by atoms with Gasteiger partial charge in [-0.1, -0.05) is 11.3 Å². The highest BCUT2D eigenvalue weighted by atomic mass is 32.2. The number of sulfonamides is 1. The first-order chi connectivity index (χ1) is 8.87. The molecule has 0 saturated carbocycles. The molecule has 0 aliphatic carbocycles. The summed E-state index contributed by atoms with van der Waals surface area (Å²) in [6, 6.07) is -0.889. The van der Waals surface area contributed by atoms with Crippen molar-refractivity contribution in [2.24, 2.45) is 0 Å². The molecule has 1 unspecified atom stereocenters. The van der Waals surface area contributed by atoms with E-state index in [0.717, 1.165) is 15.6 Å². The van der Waals surface area contributed by atoms with Crippen LogP contribution in [0.1, 0.15) is 0 Å². The van der Waals surface area contributed by atoms with Crippen LogP contribution in [0.2, 0.25) is 0 Å². The minimum Gasteiger partial charge on any atom is -0.394 e.